The third kappa shape index (κ3) is 2.99. The molecular weight excluding hydrogens is 214 g/mol. The van der Waals surface area contributed by atoms with E-state index in [0.29, 0.717) is 0 Å². The molecule has 17 heavy (non-hydrogen) atoms. The summed E-state index contributed by atoms with van der Waals surface area (Å²) in [7, 11) is 0. The molecule has 1 aliphatic heterocycles. The van der Waals surface area contributed by atoms with Crippen molar-refractivity contribution in [3.05, 3.63) is 29.3 Å². The number of nitrogens with two attached hydrogens (primary N) is 1. The van der Waals surface area contributed by atoms with Gasteiger partial charge in [-0.1, -0.05) is 25.1 Å². The molecule has 3 nitrogen and oxygen atoms in total. The molecule has 1 aromatic rings. The summed E-state index contributed by atoms with van der Waals surface area (Å²) in [5.41, 5.74) is 8.60. The second-order valence-electron chi connectivity index (χ2n) is 4.44. The van der Waals surface area contributed by atoms with Crippen LogP contribution in [0, 0.1) is 0 Å². The van der Waals surface area contributed by atoms with Gasteiger partial charge in [0.1, 0.15) is 5.75 Å². The number of benzene rings is 1. The van der Waals surface area contributed by atoms with Crippen molar-refractivity contribution < 1.29 is 9.47 Å². The van der Waals surface area contributed by atoms with Gasteiger partial charge in [0.25, 0.3) is 0 Å². The molecular formula is C14H21NO2. The molecule has 0 saturated heterocycles. The van der Waals surface area contributed by atoms with Crippen molar-refractivity contribution in [3.63, 3.8) is 0 Å². The zero-order valence-electron chi connectivity index (χ0n) is 10.4. The summed E-state index contributed by atoms with van der Waals surface area (Å²) in [5, 5.41) is 0. The van der Waals surface area contributed by atoms with Gasteiger partial charge in [0, 0.05) is 31.2 Å². The van der Waals surface area contributed by atoms with E-state index in [4.69, 9.17) is 15.2 Å². The summed E-state index contributed by atoms with van der Waals surface area (Å²) < 4.78 is 11.1. The van der Waals surface area contributed by atoms with Gasteiger partial charge >= 0.3 is 0 Å². The minimum absolute atomic E-state index is 0.0138. The highest BCUT2D eigenvalue weighted by atomic mass is 16.5. The fourth-order valence-electron chi connectivity index (χ4n) is 2.14. The fourth-order valence-corrected chi connectivity index (χ4v) is 2.14. The van der Waals surface area contributed by atoms with Crippen LogP contribution in [0.25, 0.3) is 0 Å². The van der Waals surface area contributed by atoms with E-state index in [1.807, 2.05) is 0 Å². The topological polar surface area (TPSA) is 44.5 Å². The molecule has 0 bridgehead atoms. The Morgan fingerprint density at radius 3 is 3.12 bits per heavy atom. The van der Waals surface area contributed by atoms with Gasteiger partial charge in [-0.25, -0.2) is 0 Å². The Morgan fingerprint density at radius 1 is 1.41 bits per heavy atom. The molecule has 0 spiro atoms. The normalized spacial score (nSPS) is 15.4. The van der Waals surface area contributed by atoms with Gasteiger partial charge in [-0.05, 0) is 18.4 Å². The maximum atomic E-state index is 6.19. The standard InChI is InChI=1S/C14H21NO2/c1-2-8-16-9-7-13(15)12-5-3-4-11-6-10-17-14(11)12/h3-5,13H,2,6-10,15H2,1H3. The second-order valence-corrected chi connectivity index (χ2v) is 4.44. The molecule has 0 aliphatic carbocycles. The molecule has 1 heterocycles. The van der Waals surface area contributed by atoms with Crippen LogP contribution in [0.4, 0.5) is 0 Å². The molecule has 3 heteroatoms. The van der Waals surface area contributed by atoms with Gasteiger partial charge < -0.3 is 15.2 Å². The Bertz CT molecular complexity index is 365. The van der Waals surface area contributed by atoms with Crippen LogP contribution in [-0.4, -0.2) is 19.8 Å². The minimum Gasteiger partial charge on any atom is -0.493 e. The van der Waals surface area contributed by atoms with Crippen LogP contribution in [0.1, 0.15) is 36.9 Å². The number of hydrogen-bond donors (Lipinski definition) is 1. The Hall–Kier alpha value is -1.06. The van der Waals surface area contributed by atoms with E-state index in [0.717, 1.165) is 50.4 Å². The van der Waals surface area contributed by atoms with Crippen LogP contribution >= 0.6 is 0 Å². The van der Waals surface area contributed by atoms with Crippen molar-refractivity contribution in [3.8, 4) is 5.75 Å². The third-order valence-corrected chi connectivity index (χ3v) is 3.07. The van der Waals surface area contributed by atoms with Crippen molar-refractivity contribution in [2.75, 3.05) is 19.8 Å². The first kappa shape index (κ1) is 12.4. The molecule has 0 saturated carbocycles. The second kappa shape index (κ2) is 6.03. The van der Waals surface area contributed by atoms with Gasteiger partial charge in [-0.15, -0.1) is 0 Å². The first-order valence-electron chi connectivity index (χ1n) is 6.41. The smallest absolute Gasteiger partial charge is 0.127 e. The van der Waals surface area contributed by atoms with Crippen molar-refractivity contribution in [1.29, 1.82) is 0 Å². The van der Waals surface area contributed by atoms with Gasteiger partial charge in [0.15, 0.2) is 0 Å². The lowest BCUT2D eigenvalue weighted by Crippen LogP contribution is -2.14. The quantitative estimate of drug-likeness (QED) is 0.770. The van der Waals surface area contributed by atoms with Gasteiger partial charge in [-0.3, -0.25) is 0 Å². The average molecular weight is 235 g/mol. The first-order chi connectivity index (χ1) is 8.33. The number of ether oxygens (including phenoxy) is 2. The Balaban J connectivity index is 1.95. The van der Waals surface area contributed by atoms with Crippen molar-refractivity contribution in [2.45, 2.75) is 32.2 Å². The zero-order chi connectivity index (χ0) is 12.1. The highest BCUT2D eigenvalue weighted by Gasteiger charge is 2.19. The SMILES string of the molecule is CCCOCCC(N)c1cccc2c1OCC2. The van der Waals surface area contributed by atoms with Crippen LogP contribution < -0.4 is 10.5 Å². The van der Waals surface area contributed by atoms with E-state index in [1.165, 1.54) is 5.56 Å². The predicted molar refractivity (Wildman–Crippen MR) is 68.3 cm³/mol. The Morgan fingerprint density at radius 2 is 2.29 bits per heavy atom. The summed E-state index contributed by atoms with van der Waals surface area (Å²) in [6.07, 6.45) is 2.90. The lowest BCUT2D eigenvalue weighted by molar-refractivity contribution is 0.127. The molecule has 0 radical (unpaired) electrons. The van der Waals surface area contributed by atoms with E-state index in [9.17, 15) is 0 Å². The number of hydrogen-bond acceptors (Lipinski definition) is 3. The lowest BCUT2D eigenvalue weighted by Gasteiger charge is -2.15. The van der Waals surface area contributed by atoms with Crippen molar-refractivity contribution >= 4 is 0 Å². The molecule has 94 valence electrons. The largest absolute Gasteiger partial charge is 0.493 e. The van der Waals surface area contributed by atoms with E-state index >= 15 is 0 Å². The summed E-state index contributed by atoms with van der Waals surface area (Å²) in [6.45, 7) is 4.43. The molecule has 2 N–H and O–H groups in total. The molecule has 1 unspecified atom stereocenters. The maximum absolute atomic E-state index is 6.19. The number of fused-ring (bicyclic) bond motifs is 1. The van der Waals surface area contributed by atoms with E-state index in [2.05, 4.69) is 25.1 Å². The summed E-state index contributed by atoms with van der Waals surface area (Å²) in [4.78, 5) is 0. The Labute approximate surface area is 103 Å². The highest BCUT2D eigenvalue weighted by molar-refractivity contribution is 5.45. The predicted octanol–water partition coefficient (Wildman–Crippen LogP) is 2.44. The fraction of sp³-hybridized carbons (Fsp3) is 0.571. The van der Waals surface area contributed by atoms with Crippen LogP contribution in [0.3, 0.4) is 0 Å². The van der Waals surface area contributed by atoms with Gasteiger partial charge in [0.2, 0.25) is 0 Å². The average Bonchev–Trinajstić information content (AvgIpc) is 2.82. The minimum atomic E-state index is 0.0138. The van der Waals surface area contributed by atoms with Crippen molar-refractivity contribution in [1.82, 2.24) is 0 Å². The molecule has 1 aliphatic rings. The molecule has 0 aromatic heterocycles. The Kier molecular flexibility index (Phi) is 4.40. The summed E-state index contributed by atoms with van der Waals surface area (Å²) in [5.74, 6) is 1.01. The molecule has 1 atom stereocenters. The van der Waals surface area contributed by atoms with Crippen LogP contribution in [-0.2, 0) is 11.2 Å². The van der Waals surface area contributed by atoms with Crippen molar-refractivity contribution in [2.24, 2.45) is 5.73 Å². The van der Waals surface area contributed by atoms with E-state index in [-0.39, 0.29) is 6.04 Å². The highest BCUT2D eigenvalue weighted by Crippen LogP contribution is 2.33. The van der Waals surface area contributed by atoms with E-state index in [1.54, 1.807) is 0 Å². The zero-order valence-corrected chi connectivity index (χ0v) is 10.4. The van der Waals surface area contributed by atoms with Crippen LogP contribution in [0.5, 0.6) is 5.75 Å². The van der Waals surface area contributed by atoms with Crippen LogP contribution in [0.2, 0.25) is 0 Å². The van der Waals surface area contributed by atoms with E-state index < -0.39 is 0 Å². The summed E-state index contributed by atoms with van der Waals surface area (Å²) in [6, 6.07) is 6.26. The molecule has 0 amide bonds. The van der Waals surface area contributed by atoms with Gasteiger partial charge in [0.05, 0.1) is 6.61 Å². The van der Waals surface area contributed by atoms with Gasteiger partial charge in [-0.2, -0.15) is 0 Å². The lowest BCUT2D eigenvalue weighted by atomic mass is 10.0. The molecule has 1 aromatic carbocycles. The maximum Gasteiger partial charge on any atom is 0.127 e. The number of rotatable bonds is 6. The number of para-hydroxylation sites is 1. The molecule has 0 fully saturated rings. The summed E-state index contributed by atoms with van der Waals surface area (Å²) >= 11 is 0. The molecule has 2 rings (SSSR count). The monoisotopic (exact) mass is 235 g/mol. The van der Waals surface area contributed by atoms with Crippen LogP contribution in [0.15, 0.2) is 18.2 Å². The third-order valence-electron chi connectivity index (χ3n) is 3.07. The first-order valence-corrected chi connectivity index (χ1v) is 6.41.